The van der Waals surface area contributed by atoms with Crippen molar-refractivity contribution >= 4 is 11.0 Å². The topological polar surface area (TPSA) is 61.0 Å². The van der Waals surface area contributed by atoms with Crippen LogP contribution in [0.25, 0.3) is 11.0 Å². The lowest BCUT2D eigenvalue weighted by molar-refractivity contribution is 0.397. The summed E-state index contributed by atoms with van der Waals surface area (Å²) in [6.45, 7) is 0. The van der Waals surface area contributed by atoms with Gasteiger partial charge in [-0.15, -0.1) is 0 Å². The first-order valence-corrected chi connectivity index (χ1v) is 6.31. The highest BCUT2D eigenvalue weighted by Gasteiger charge is 2.31. The van der Waals surface area contributed by atoms with Crippen LogP contribution in [0.2, 0.25) is 0 Å². The quantitative estimate of drug-likeness (QED) is 0.879. The summed E-state index contributed by atoms with van der Waals surface area (Å²) in [6.07, 6.45) is 6.18. The fourth-order valence-corrected chi connectivity index (χ4v) is 2.70. The SMILES string of the molecule is COc1cnc2cc(C3(N)CCCC3)ccc2n1. The summed E-state index contributed by atoms with van der Waals surface area (Å²) >= 11 is 0. The van der Waals surface area contributed by atoms with Crippen molar-refractivity contribution in [3.8, 4) is 5.88 Å². The van der Waals surface area contributed by atoms with E-state index in [2.05, 4.69) is 22.1 Å². The van der Waals surface area contributed by atoms with E-state index >= 15 is 0 Å². The van der Waals surface area contributed by atoms with E-state index in [1.165, 1.54) is 18.4 Å². The predicted octanol–water partition coefficient (Wildman–Crippen LogP) is 2.37. The summed E-state index contributed by atoms with van der Waals surface area (Å²) in [5, 5.41) is 0. The van der Waals surface area contributed by atoms with Crippen LogP contribution in [-0.4, -0.2) is 17.1 Å². The summed E-state index contributed by atoms with van der Waals surface area (Å²) in [7, 11) is 1.59. The molecule has 0 spiro atoms. The van der Waals surface area contributed by atoms with E-state index in [0.29, 0.717) is 5.88 Å². The van der Waals surface area contributed by atoms with E-state index in [-0.39, 0.29) is 5.54 Å². The maximum absolute atomic E-state index is 6.45. The second-order valence-electron chi connectivity index (χ2n) is 4.98. The van der Waals surface area contributed by atoms with E-state index in [4.69, 9.17) is 10.5 Å². The largest absolute Gasteiger partial charge is 0.480 e. The van der Waals surface area contributed by atoms with Crippen LogP contribution in [-0.2, 0) is 5.54 Å². The Morgan fingerprint density at radius 2 is 2.00 bits per heavy atom. The summed E-state index contributed by atoms with van der Waals surface area (Å²) in [5.41, 5.74) is 9.18. The third kappa shape index (κ3) is 1.82. The molecule has 1 aromatic carbocycles. The van der Waals surface area contributed by atoms with Gasteiger partial charge in [-0.25, -0.2) is 9.97 Å². The molecule has 2 N–H and O–H groups in total. The van der Waals surface area contributed by atoms with Gasteiger partial charge in [-0.05, 0) is 30.5 Å². The lowest BCUT2D eigenvalue weighted by Gasteiger charge is -2.24. The zero-order valence-corrected chi connectivity index (χ0v) is 10.5. The zero-order valence-electron chi connectivity index (χ0n) is 10.5. The Kier molecular flexibility index (Phi) is 2.67. The molecule has 1 aliphatic rings. The highest BCUT2D eigenvalue weighted by atomic mass is 16.5. The first-order valence-electron chi connectivity index (χ1n) is 6.31. The molecule has 2 aromatic rings. The Morgan fingerprint density at radius 3 is 2.72 bits per heavy atom. The number of methoxy groups -OCH3 is 1. The van der Waals surface area contributed by atoms with Crippen molar-refractivity contribution in [2.24, 2.45) is 5.73 Å². The lowest BCUT2D eigenvalue weighted by atomic mass is 9.89. The lowest BCUT2D eigenvalue weighted by Crippen LogP contribution is -2.32. The summed E-state index contributed by atoms with van der Waals surface area (Å²) in [5.74, 6) is 0.540. The standard InChI is InChI=1S/C14H17N3O/c1-18-13-9-16-12-8-10(4-5-11(12)17-13)14(15)6-2-3-7-14/h4-5,8-9H,2-3,6-7,15H2,1H3. The maximum atomic E-state index is 6.45. The van der Waals surface area contributed by atoms with Crippen molar-refractivity contribution in [3.63, 3.8) is 0 Å². The number of nitrogens with two attached hydrogens (primary N) is 1. The van der Waals surface area contributed by atoms with Crippen molar-refractivity contribution in [2.45, 2.75) is 31.2 Å². The van der Waals surface area contributed by atoms with E-state index < -0.39 is 0 Å². The third-order valence-electron chi connectivity index (χ3n) is 3.80. The minimum Gasteiger partial charge on any atom is -0.480 e. The number of aromatic nitrogens is 2. The van der Waals surface area contributed by atoms with E-state index in [1.807, 2.05) is 6.07 Å². The highest BCUT2D eigenvalue weighted by molar-refractivity contribution is 5.75. The van der Waals surface area contributed by atoms with Crippen LogP contribution in [0.4, 0.5) is 0 Å². The molecule has 0 amide bonds. The number of fused-ring (bicyclic) bond motifs is 1. The van der Waals surface area contributed by atoms with Crippen molar-refractivity contribution in [3.05, 3.63) is 30.0 Å². The van der Waals surface area contributed by atoms with E-state index in [0.717, 1.165) is 23.9 Å². The minimum absolute atomic E-state index is 0.171. The van der Waals surface area contributed by atoms with Crippen molar-refractivity contribution < 1.29 is 4.74 Å². The van der Waals surface area contributed by atoms with Gasteiger partial charge in [0, 0.05) is 5.54 Å². The average molecular weight is 243 g/mol. The van der Waals surface area contributed by atoms with Crippen LogP contribution in [0.1, 0.15) is 31.2 Å². The summed E-state index contributed by atoms with van der Waals surface area (Å²) in [6, 6.07) is 6.11. The number of nitrogens with zero attached hydrogens (tertiary/aromatic N) is 2. The Labute approximate surface area is 106 Å². The molecular formula is C14H17N3O. The molecule has 0 bridgehead atoms. The van der Waals surface area contributed by atoms with Crippen LogP contribution in [0.3, 0.4) is 0 Å². The number of hydrogen-bond acceptors (Lipinski definition) is 4. The first-order chi connectivity index (χ1) is 8.71. The van der Waals surface area contributed by atoms with Gasteiger partial charge in [0.15, 0.2) is 0 Å². The molecule has 1 saturated carbocycles. The molecule has 0 unspecified atom stereocenters. The molecule has 3 rings (SSSR count). The Hall–Kier alpha value is -1.68. The Balaban J connectivity index is 2.06. The fraction of sp³-hybridized carbons (Fsp3) is 0.429. The average Bonchev–Trinajstić information content (AvgIpc) is 2.85. The molecular weight excluding hydrogens is 226 g/mol. The molecule has 0 aliphatic heterocycles. The first kappa shape index (κ1) is 11.4. The van der Waals surface area contributed by atoms with E-state index in [1.54, 1.807) is 13.3 Å². The second kappa shape index (κ2) is 4.21. The zero-order chi connectivity index (χ0) is 12.6. The smallest absolute Gasteiger partial charge is 0.232 e. The Bertz CT molecular complexity index is 576. The molecule has 0 atom stereocenters. The number of hydrogen-bond donors (Lipinski definition) is 1. The van der Waals surface area contributed by atoms with Crippen LogP contribution in [0.5, 0.6) is 5.88 Å². The Morgan fingerprint density at radius 1 is 1.22 bits per heavy atom. The van der Waals surface area contributed by atoms with Gasteiger partial charge in [0.05, 0.1) is 24.3 Å². The molecule has 94 valence electrons. The highest BCUT2D eigenvalue weighted by Crippen LogP contribution is 2.36. The van der Waals surface area contributed by atoms with Crippen LogP contribution >= 0.6 is 0 Å². The number of benzene rings is 1. The van der Waals surface area contributed by atoms with Gasteiger partial charge in [-0.2, -0.15) is 0 Å². The molecule has 4 heteroatoms. The molecule has 4 nitrogen and oxygen atoms in total. The second-order valence-corrected chi connectivity index (χ2v) is 4.98. The molecule has 0 saturated heterocycles. The normalized spacial score (nSPS) is 18.1. The van der Waals surface area contributed by atoms with Crippen LogP contribution < -0.4 is 10.5 Å². The molecule has 1 fully saturated rings. The number of ether oxygens (including phenoxy) is 1. The molecule has 18 heavy (non-hydrogen) atoms. The minimum atomic E-state index is -0.171. The van der Waals surface area contributed by atoms with Gasteiger partial charge in [0.2, 0.25) is 5.88 Å². The van der Waals surface area contributed by atoms with Gasteiger partial charge in [-0.3, -0.25) is 0 Å². The summed E-state index contributed by atoms with van der Waals surface area (Å²) < 4.78 is 5.07. The van der Waals surface area contributed by atoms with Gasteiger partial charge in [0.1, 0.15) is 0 Å². The maximum Gasteiger partial charge on any atom is 0.232 e. The third-order valence-corrected chi connectivity index (χ3v) is 3.80. The van der Waals surface area contributed by atoms with Crippen molar-refractivity contribution in [2.75, 3.05) is 7.11 Å². The van der Waals surface area contributed by atoms with Gasteiger partial charge in [0.25, 0.3) is 0 Å². The summed E-state index contributed by atoms with van der Waals surface area (Å²) in [4.78, 5) is 8.73. The molecule has 1 aromatic heterocycles. The van der Waals surface area contributed by atoms with Crippen molar-refractivity contribution in [1.29, 1.82) is 0 Å². The van der Waals surface area contributed by atoms with Gasteiger partial charge < -0.3 is 10.5 Å². The van der Waals surface area contributed by atoms with Crippen LogP contribution in [0.15, 0.2) is 24.4 Å². The van der Waals surface area contributed by atoms with Gasteiger partial charge in [-0.1, -0.05) is 18.9 Å². The fourth-order valence-electron chi connectivity index (χ4n) is 2.70. The monoisotopic (exact) mass is 243 g/mol. The van der Waals surface area contributed by atoms with Crippen LogP contribution in [0, 0.1) is 0 Å². The molecule has 0 radical (unpaired) electrons. The molecule has 1 aliphatic carbocycles. The molecule has 1 heterocycles. The van der Waals surface area contributed by atoms with Crippen molar-refractivity contribution in [1.82, 2.24) is 9.97 Å². The predicted molar refractivity (Wildman–Crippen MR) is 70.4 cm³/mol. The van der Waals surface area contributed by atoms with E-state index in [9.17, 15) is 0 Å². The number of rotatable bonds is 2. The van der Waals surface area contributed by atoms with Gasteiger partial charge >= 0.3 is 0 Å².